The predicted molar refractivity (Wildman–Crippen MR) is 73.8 cm³/mol. The zero-order valence-electron chi connectivity index (χ0n) is 9.41. The lowest BCUT2D eigenvalue weighted by molar-refractivity contribution is 0.622. The molecule has 0 aliphatic rings. The lowest BCUT2D eigenvalue weighted by atomic mass is 10.0. The molecule has 17 heavy (non-hydrogen) atoms. The van der Waals surface area contributed by atoms with Crippen LogP contribution >= 0.6 is 27.3 Å². The van der Waals surface area contributed by atoms with Gasteiger partial charge in [-0.2, -0.15) is 0 Å². The van der Waals surface area contributed by atoms with Crippen molar-refractivity contribution in [1.82, 2.24) is 0 Å². The highest BCUT2D eigenvalue weighted by atomic mass is 79.9. The third kappa shape index (κ3) is 3.15. The van der Waals surface area contributed by atoms with Gasteiger partial charge in [0.25, 0.3) is 0 Å². The van der Waals surface area contributed by atoms with Crippen molar-refractivity contribution in [2.45, 2.75) is 19.4 Å². The summed E-state index contributed by atoms with van der Waals surface area (Å²) in [5, 5.41) is 0. The van der Waals surface area contributed by atoms with Crippen molar-refractivity contribution in [2.75, 3.05) is 0 Å². The van der Waals surface area contributed by atoms with E-state index >= 15 is 0 Å². The molecule has 0 amide bonds. The second kappa shape index (κ2) is 5.29. The van der Waals surface area contributed by atoms with E-state index < -0.39 is 0 Å². The smallest absolute Gasteiger partial charge is 0.123 e. The molecule has 90 valence electrons. The molecule has 0 radical (unpaired) electrons. The summed E-state index contributed by atoms with van der Waals surface area (Å²) in [4.78, 5) is 1.21. The zero-order valence-corrected chi connectivity index (χ0v) is 11.8. The number of halogens is 2. The van der Waals surface area contributed by atoms with Crippen LogP contribution in [-0.2, 0) is 6.42 Å². The van der Waals surface area contributed by atoms with Gasteiger partial charge in [0.05, 0.1) is 3.79 Å². The molecule has 1 atom stereocenters. The average molecular weight is 314 g/mol. The molecule has 1 unspecified atom stereocenters. The van der Waals surface area contributed by atoms with Gasteiger partial charge in [-0.3, -0.25) is 0 Å². The van der Waals surface area contributed by atoms with Gasteiger partial charge in [0.2, 0.25) is 0 Å². The van der Waals surface area contributed by atoms with Crippen LogP contribution < -0.4 is 5.73 Å². The molecule has 1 heterocycles. The van der Waals surface area contributed by atoms with Gasteiger partial charge in [-0.1, -0.05) is 12.1 Å². The van der Waals surface area contributed by atoms with E-state index in [1.165, 1.54) is 17.0 Å². The minimum absolute atomic E-state index is 0.0839. The summed E-state index contributed by atoms with van der Waals surface area (Å²) in [5.74, 6) is -0.210. The Balaban J connectivity index is 2.16. The second-order valence-corrected chi connectivity index (χ2v) is 6.64. The number of benzene rings is 1. The molecular weight excluding hydrogens is 301 g/mol. The van der Waals surface area contributed by atoms with E-state index in [9.17, 15) is 4.39 Å². The summed E-state index contributed by atoms with van der Waals surface area (Å²) in [5.41, 5.74) is 8.22. The molecule has 0 spiro atoms. The normalized spacial score (nSPS) is 12.7. The fraction of sp³-hybridized carbons (Fsp3) is 0.231. The van der Waals surface area contributed by atoms with E-state index in [-0.39, 0.29) is 11.9 Å². The standard InChI is InChI=1S/C13H13BrFNS/c1-8-11(7-13(14)17-8)12(16)6-9-3-2-4-10(15)5-9/h2-5,7,12H,6,16H2,1H3. The minimum atomic E-state index is -0.210. The van der Waals surface area contributed by atoms with Crippen LogP contribution in [0.1, 0.15) is 22.0 Å². The quantitative estimate of drug-likeness (QED) is 0.903. The van der Waals surface area contributed by atoms with Gasteiger partial charge in [0.1, 0.15) is 5.82 Å². The Morgan fingerprint density at radius 3 is 2.76 bits per heavy atom. The summed E-state index contributed by atoms with van der Waals surface area (Å²) < 4.78 is 14.1. The van der Waals surface area contributed by atoms with Gasteiger partial charge in [0, 0.05) is 10.9 Å². The maximum Gasteiger partial charge on any atom is 0.123 e. The van der Waals surface area contributed by atoms with Crippen LogP contribution in [0.15, 0.2) is 34.1 Å². The Bertz CT molecular complexity index is 524. The molecule has 0 aliphatic heterocycles. The lowest BCUT2D eigenvalue weighted by Gasteiger charge is -2.11. The molecule has 0 aliphatic carbocycles. The molecule has 2 aromatic rings. The van der Waals surface area contributed by atoms with Crippen LogP contribution in [0.2, 0.25) is 0 Å². The van der Waals surface area contributed by atoms with Gasteiger partial charge in [-0.05, 0) is 58.6 Å². The minimum Gasteiger partial charge on any atom is -0.324 e. The molecule has 1 aromatic carbocycles. The highest BCUT2D eigenvalue weighted by Gasteiger charge is 2.13. The van der Waals surface area contributed by atoms with Crippen LogP contribution in [0.4, 0.5) is 4.39 Å². The summed E-state index contributed by atoms with van der Waals surface area (Å²) in [6.45, 7) is 2.05. The van der Waals surface area contributed by atoms with Crippen LogP contribution in [0.25, 0.3) is 0 Å². The molecule has 0 saturated heterocycles. The van der Waals surface area contributed by atoms with Crippen molar-refractivity contribution < 1.29 is 4.39 Å². The molecule has 1 aromatic heterocycles. The first-order valence-electron chi connectivity index (χ1n) is 5.32. The van der Waals surface area contributed by atoms with Crippen LogP contribution in [0.5, 0.6) is 0 Å². The van der Waals surface area contributed by atoms with E-state index in [0.29, 0.717) is 6.42 Å². The number of aryl methyl sites for hydroxylation is 1. The number of nitrogens with two attached hydrogens (primary N) is 1. The third-order valence-electron chi connectivity index (χ3n) is 2.67. The maximum absolute atomic E-state index is 13.1. The first-order chi connectivity index (χ1) is 8.06. The topological polar surface area (TPSA) is 26.0 Å². The summed E-state index contributed by atoms with van der Waals surface area (Å²) in [7, 11) is 0. The Kier molecular flexibility index (Phi) is 3.97. The second-order valence-electron chi connectivity index (χ2n) is 4.00. The highest BCUT2D eigenvalue weighted by molar-refractivity contribution is 9.11. The molecule has 2 rings (SSSR count). The van der Waals surface area contributed by atoms with Crippen molar-refractivity contribution >= 4 is 27.3 Å². The maximum atomic E-state index is 13.1. The van der Waals surface area contributed by atoms with E-state index in [0.717, 1.165) is 14.9 Å². The van der Waals surface area contributed by atoms with Crippen LogP contribution in [0, 0.1) is 12.7 Å². The molecular formula is C13H13BrFNS. The number of rotatable bonds is 3. The van der Waals surface area contributed by atoms with E-state index in [1.54, 1.807) is 17.4 Å². The summed E-state index contributed by atoms with van der Waals surface area (Å²) in [6, 6.07) is 8.56. The van der Waals surface area contributed by atoms with E-state index in [1.807, 2.05) is 12.1 Å². The molecule has 0 bridgehead atoms. The van der Waals surface area contributed by atoms with Crippen LogP contribution in [0.3, 0.4) is 0 Å². The molecule has 1 nitrogen and oxygen atoms in total. The molecule has 0 fully saturated rings. The predicted octanol–water partition coefficient (Wildman–Crippen LogP) is 4.20. The Morgan fingerprint density at radius 2 is 2.18 bits per heavy atom. The van der Waals surface area contributed by atoms with Gasteiger partial charge in [0.15, 0.2) is 0 Å². The van der Waals surface area contributed by atoms with Gasteiger partial charge in [-0.15, -0.1) is 11.3 Å². The Hall–Kier alpha value is -0.710. The fourth-order valence-electron chi connectivity index (χ4n) is 1.85. The number of thiophene rings is 1. The first-order valence-corrected chi connectivity index (χ1v) is 6.93. The van der Waals surface area contributed by atoms with Crippen LogP contribution in [-0.4, -0.2) is 0 Å². The number of hydrogen-bond acceptors (Lipinski definition) is 2. The molecule has 2 N–H and O–H groups in total. The van der Waals surface area contributed by atoms with Gasteiger partial charge < -0.3 is 5.73 Å². The lowest BCUT2D eigenvalue weighted by Crippen LogP contribution is -2.13. The molecule has 0 saturated carbocycles. The molecule has 4 heteroatoms. The van der Waals surface area contributed by atoms with Crippen molar-refractivity contribution in [3.8, 4) is 0 Å². The Morgan fingerprint density at radius 1 is 1.41 bits per heavy atom. The van der Waals surface area contributed by atoms with Crippen molar-refractivity contribution in [1.29, 1.82) is 0 Å². The van der Waals surface area contributed by atoms with Crippen molar-refractivity contribution in [3.05, 3.63) is 55.9 Å². The number of hydrogen-bond donors (Lipinski definition) is 1. The first kappa shape index (κ1) is 12.7. The van der Waals surface area contributed by atoms with E-state index in [2.05, 4.69) is 22.9 Å². The van der Waals surface area contributed by atoms with E-state index in [4.69, 9.17) is 5.73 Å². The SMILES string of the molecule is Cc1sc(Br)cc1C(N)Cc1cccc(F)c1. The van der Waals surface area contributed by atoms with Gasteiger partial charge >= 0.3 is 0 Å². The average Bonchev–Trinajstić information content (AvgIpc) is 2.58. The monoisotopic (exact) mass is 313 g/mol. The summed E-state index contributed by atoms with van der Waals surface area (Å²) in [6.07, 6.45) is 0.655. The highest BCUT2D eigenvalue weighted by Crippen LogP contribution is 2.31. The Labute approximate surface area is 113 Å². The zero-order chi connectivity index (χ0) is 12.4. The van der Waals surface area contributed by atoms with Crippen molar-refractivity contribution in [3.63, 3.8) is 0 Å². The fourth-order valence-corrected chi connectivity index (χ4v) is 3.64. The largest absolute Gasteiger partial charge is 0.324 e. The summed E-state index contributed by atoms with van der Waals surface area (Å²) >= 11 is 5.13. The van der Waals surface area contributed by atoms with Crippen molar-refractivity contribution in [2.24, 2.45) is 5.73 Å². The third-order valence-corrected chi connectivity index (χ3v) is 4.24. The van der Waals surface area contributed by atoms with Gasteiger partial charge in [-0.25, -0.2) is 4.39 Å².